The Morgan fingerprint density at radius 2 is 2.00 bits per heavy atom. The minimum atomic E-state index is -0.0383. The number of aliphatic hydroxyl groups excluding tert-OH is 1. The molecule has 0 aliphatic carbocycles. The topological polar surface area (TPSA) is 23.5 Å². The average Bonchev–Trinajstić information content (AvgIpc) is 2.74. The monoisotopic (exact) mass is 301 g/mol. The van der Waals surface area contributed by atoms with Crippen molar-refractivity contribution in [1.82, 2.24) is 0 Å². The van der Waals surface area contributed by atoms with Gasteiger partial charge < -0.3 is 10.0 Å². The molecule has 2 aromatic rings. The van der Waals surface area contributed by atoms with Crippen LogP contribution in [-0.4, -0.2) is 12.2 Å². The van der Waals surface area contributed by atoms with Crippen LogP contribution in [0.4, 0.5) is 5.69 Å². The fourth-order valence-corrected chi connectivity index (χ4v) is 3.04. The number of anilines is 1. The Bertz CT molecular complexity index is 542. The van der Waals surface area contributed by atoms with Crippen LogP contribution >= 0.6 is 34.5 Å². The van der Waals surface area contributed by atoms with Crippen molar-refractivity contribution in [2.45, 2.75) is 13.2 Å². The Morgan fingerprint density at radius 1 is 1.22 bits per heavy atom. The van der Waals surface area contributed by atoms with E-state index in [1.807, 2.05) is 37.4 Å². The minimum absolute atomic E-state index is 0.0383. The lowest BCUT2D eigenvalue weighted by Crippen LogP contribution is -2.15. The van der Waals surface area contributed by atoms with Gasteiger partial charge in [-0.2, -0.15) is 0 Å². The van der Waals surface area contributed by atoms with Gasteiger partial charge in [-0.3, -0.25) is 0 Å². The van der Waals surface area contributed by atoms with E-state index in [1.54, 1.807) is 11.3 Å². The second-order valence-electron chi connectivity index (χ2n) is 4.00. The van der Waals surface area contributed by atoms with Gasteiger partial charge in [0.05, 0.1) is 17.5 Å². The van der Waals surface area contributed by atoms with Gasteiger partial charge >= 0.3 is 0 Å². The summed E-state index contributed by atoms with van der Waals surface area (Å²) in [7, 11) is 2.00. The highest BCUT2D eigenvalue weighted by Crippen LogP contribution is 2.27. The molecule has 1 heterocycles. The largest absolute Gasteiger partial charge is 0.392 e. The van der Waals surface area contributed by atoms with Crippen LogP contribution < -0.4 is 4.90 Å². The summed E-state index contributed by atoms with van der Waals surface area (Å²) in [4.78, 5) is 3.29. The van der Waals surface area contributed by atoms with E-state index in [2.05, 4.69) is 4.90 Å². The van der Waals surface area contributed by atoms with E-state index >= 15 is 0 Å². The second kappa shape index (κ2) is 5.93. The lowest BCUT2D eigenvalue weighted by atomic mass is 10.2. The van der Waals surface area contributed by atoms with Gasteiger partial charge in [0.15, 0.2) is 0 Å². The molecule has 0 bridgehead atoms. The Kier molecular flexibility index (Phi) is 4.51. The van der Waals surface area contributed by atoms with E-state index in [0.29, 0.717) is 5.02 Å². The van der Waals surface area contributed by atoms with Crippen LogP contribution in [0.2, 0.25) is 9.36 Å². The molecule has 18 heavy (non-hydrogen) atoms. The molecule has 5 heteroatoms. The Morgan fingerprint density at radius 3 is 2.56 bits per heavy atom. The average molecular weight is 302 g/mol. The molecule has 0 unspecified atom stereocenters. The highest BCUT2D eigenvalue weighted by molar-refractivity contribution is 7.16. The lowest BCUT2D eigenvalue weighted by Gasteiger charge is -2.19. The minimum Gasteiger partial charge on any atom is -0.392 e. The number of hydrogen-bond acceptors (Lipinski definition) is 3. The summed E-state index contributed by atoms with van der Waals surface area (Å²) >= 11 is 13.6. The van der Waals surface area contributed by atoms with E-state index in [9.17, 15) is 0 Å². The molecular formula is C13H13Cl2NOS. The highest BCUT2D eigenvalue weighted by Gasteiger charge is 2.07. The van der Waals surface area contributed by atoms with E-state index in [4.69, 9.17) is 28.3 Å². The number of nitrogens with zero attached hydrogens (tertiary/aromatic N) is 1. The SMILES string of the molecule is CN(Cc1ccc(Cl)s1)c1ccc(CO)c(Cl)c1. The van der Waals surface area contributed by atoms with Gasteiger partial charge in [0.2, 0.25) is 0 Å². The van der Waals surface area contributed by atoms with Crippen LogP contribution in [0.1, 0.15) is 10.4 Å². The fraction of sp³-hybridized carbons (Fsp3) is 0.231. The number of halogens is 2. The zero-order valence-electron chi connectivity index (χ0n) is 9.86. The molecule has 96 valence electrons. The smallest absolute Gasteiger partial charge is 0.0931 e. The third-order valence-electron chi connectivity index (χ3n) is 2.67. The van der Waals surface area contributed by atoms with Crippen LogP contribution in [0.15, 0.2) is 30.3 Å². The van der Waals surface area contributed by atoms with Gasteiger partial charge in [0.25, 0.3) is 0 Å². The molecule has 2 rings (SSSR count). The van der Waals surface area contributed by atoms with Crippen molar-refractivity contribution in [1.29, 1.82) is 0 Å². The van der Waals surface area contributed by atoms with Crippen LogP contribution in [0, 0.1) is 0 Å². The first-order valence-electron chi connectivity index (χ1n) is 5.45. The lowest BCUT2D eigenvalue weighted by molar-refractivity contribution is 0.282. The van der Waals surface area contributed by atoms with Gasteiger partial charge in [-0.25, -0.2) is 0 Å². The summed E-state index contributed by atoms with van der Waals surface area (Å²) < 4.78 is 0.798. The van der Waals surface area contributed by atoms with Crippen LogP contribution in [0.3, 0.4) is 0 Å². The van der Waals surface area contributed by atoms with Crippen molar-refractivity contribution in [3.8, 4) is 0 Å². The maximum absolute atomic E-state index is 9.07. The third kappa shape index (κ3) is 3.18. The van der Waals surface area contributed by atoms with Gasteiger partial charge in [0.1, 0.15) is 0 Å². The van der Waals surface area contributed by atoms with Gasteiger partial charge in [0, 0.05) is 22.6 Å². The van der Waals surface area contributed by atoms with Crippen LogP contribution in [-0.2, 0) is 13.2 Å². The molecule has 0 amide bonds. The van der Waals surface area contributed by atoms with E-state index in [-0.39, 0.29) is 6.61 Å². The Balaban J connectivity index is 2.13. The van der Waals surface area contributed by atoms with E-state index in [0.717, 1.165) is 22.1 Å². The van der Waals surface area contributed by atoms with E-state index in [1.165, 1.54) is 4.88 Å². The summed E-state index contributed by atoms with van der Waals surface area (Å²) in [6, 6.07) is 9.58. The quantitative estimate of drug-likeness (QED) is 0.915. The van der Waals surface area contributed by atoms with Crippen molar-refractivity contribution in [2.75, 3.05) is 11.9 Å². The molecular weight excluding hydrogens is 289 g/mol. The van der Waals surface area contributed by atoms with Crippen molar-refractivity contribution in [2.24, 2.45) is 0 Å². The molecule has 0 saturated carbocycles. The zero-order chi connectivity index (χ0) is 13.1. The maximum Gasteiger partial charge on any atom is 0.0931 e. The molecule has 0 aliphatic heterocycles. The summed E-state index contributed by atoms with van der Waals surface area (Å²) in [5.41, 5.74) is 1.76. The van der Waals surface area contributed by atoms with Crippen molar-refractivity contribution >= 4 is 40.2 Å². The van der Waals surface area contributed by atoms with Gasteiger partial charge in [-0.15, -0.1) is 11.3 Å². The highest BCUT2D eigenvalue weighted by atomic mass is 35.5. The predicted octanol–water partition coefficient (Wildman–Crippen LogP) is 4.18. The van der Waals surface area contributed by atoms with Gasteiger partial charge in [-0.1, -0.05) is 29.3 Å². The zero-order valence-corrected chi connectivity index (χ0v) is 12.2. The molecule has 0 aliphatic rings. The first-order valence-corrected chi connectivity index (χ1v) is 7.02. The molecule has 0 spiro atoms. The van der Waals surface area contributed by atoms with Crippen LogP contribution in [0.25, 0.3) is 0 Å². The van der Waals surface area contributed by atoms with Crippen molar-refractivity contribution < 1.29 is 5.11 Å². The molecule has 0 fully saturated rings. The molecule has 0 radical (unpaired) electrons. The van der Waals surface area contributed by atoms with Crippen LogP contribution in [0.5, 0.6) is 0 Å². The summed E-state index contributed by atoms with van der Waals surface area (Å²) in [5, 5.41) is 9.66. The normalized spacial score (nSPS) is 10.7. The Hall–Kier alpha value is -0.740. The summed E-state index contributed by atoms with van der Waals surface area (Å²) in [5.74, 6) is 0. The van der Waals surface area contributed by atoms with Crippen molar-refractivity contribution in [3.05, 3.63) is 50.1 Å². The molecule has 1 N–H and O–H groups in total. The molecule has 2 nitrogen and oxygen atoms in total. The summed E-state index contributed by atoms with van der Waals surface area (Å²) in [6.45, 7) is 0.746. The second-order valence-corrected chi connectivity index (χ2v) is 6.20. The third-order valence-corrected chi connectivity index (χ3v) is 4.24. The number of aliphatic hydroxyl groups is 1. The van der Waals surface area contributed by atoms with E-state index < -0.39 is 0 Å². The van der Waals surface area contributed by atoms with Gasteiger partial charge in [-0.05, 0) is 29.8 Å². The Labute approximate surface area is 120 Å². The fourth-order valence-electron chi connectivity index (χ4n) is 1.66. The molecule has 1 aromatic heterocycles. The standard InChI is InChI=1S/C13H13Cl2NOS/c1-16(7-11-4-5-13(15)18-11)10-3-2-9(8-17)12(14)6-10/h2-6,17H,7-8H2,1H3. The number of rotatable bonds is 4. The number of thiophene rings is 1. The summed E-state index contributed by atoms with van der Waals surface area (Å²) in [6.07, 6.45) is 0. The molecule has 0 saturated heterocycles. The molecule has 0 atom stereocenters. The number of hydrogen-bond donors (Lipinski definition) is 1. The predicted molar refractivity (Wildman–Crippen MR) is 78.8 cm³/mol. The maximum atomic E-state index is 9.07. The number of benzene rings is 1. The first-order chi connectivity index (χ1) is 8.60. The molecule has 1 aromatic carbocycles. The van der Waals surface area contributed by atoms with Crippen molar-refractivity contribution in [3.63, 3.8) is 0 Å². The first kappa shape index (κ1) is 13.7.